The molecule has 0 fully saturated rings. The summed E-state index contributed by atoms with van der Waals surface area (Å²) in [7, 11) is 0. The SMILES string of the molecule is CCCCCCc1ccc(-c2ccc(OC(F)F)nc2)cc1.CCCCCc1ccc(-c2ccc(OC(F)F)nc2)cc1.CCCCc1ccc(-c2ccc(OC(F)F)nc2)cc1.CCCc1ccc(-c2ccc(OC(F)F)nc2)cc1.CCOc1ccc(-c2ccc(OC(F)F)nc2)cc1.CCc1ccc(-c2ccc(OC(F)F)nc2)cc1. The number of nitrogens with zero attached hydrogens (tertiary/aromatic N) is 6. The Morgan fingerprint density at radius 2 is 0.420 bits per heavy atom. The Labute approximate surface area is 687 Å². The molecule has 0 atom stereocenters. The highest BCUT2D eigenvalue weighted by molar-refractivity contribution is 5.67. The van der Waals surface area contributed by atoms with Crippen molar-refractivity contribution < 1.29 is 85.8 Å². The van der Waals surface area contributed by atoms with Crippen LogP contribution < -0.4 is 33.2 Å². The van der Waals surface area contributed by atoms with Crippen LogP contribution in [0.2, 0.25) is 0 Å². The van der Waals surface area contributed by atoms with Crippen LogP contribution in [0.15, 0.2) is 256 Å². The van der Waals surface area contributed by atoms with Gasteiger partial charge in [0.25, 0.3) is 0 Å². The van der Waals surface area contributed by atoms with Gasteiger partial charge in [0, 0.05) is 107 Å². The minimum absolute atomic E-state index is 0.0636. The molecule has 0 aliphatic carbocycles. The number of benzene rings is 6. The average Bonchev–Trinajstić information content (AvgIpc) is 0.879. The number of aromatic nitrogens is 6. The third-order valence-corrected chi connectivity index (χ3v) is 17.8. The van der Waals surface area contributed by atoms with Gasteiger partial charge in [0.2, 0.25) is 35.3 Å². The largest absolute Gasteiger partial charge is 0.494 e. The molecule has 0 unspecified atom stereocenters. The van der Waals surface area contributed by atoms with Crippen molar-refractivity contribution in [3.63, 3.8) is 0 Å². The second-order valence-electron chi connectivity index (χ2n) is 26.5. The Bertz CT molecular complexity index is 4590. The maximum atomic E-state index is 12.1. The number of rotatable bonds is 35. The van der Waals surface area contributed by atoms with E-state index in [9.17, 15) is 52.7 Å². The van der Waals surface area contributed by atoms with E-state index in [1.54, 1.807) is 55.0 Å². The summed E-state index contributed by atoms with van der Waals surface area (Å²) in [6.07, 6.45) is 26.7. The van der Waals surface area contributed by atoms with E-state index in [1.807, 2.05) is 104 Å². The number of pyridine rings is 6. The van der Waals surface area contributed by atoms with E-state index in [1.165, 1.54) is 141 Å². The minimum Gasteiger partial charge on any atom is -0.494 e. The summed E-state index contributed by atoms with van der Waals surface area (Å²) in [6.45, 7) is -3.74. The number of aryl methyl sites for hydroxylation is 5. The molecular weight excluding hydrogens is 1550 g/mol. The van der Waals surface area contributed by atoms with Crippen LogP contribution in [0.5, 0.6) is 41.0 Å². The third-order valence-electron chi connectivity index (χ3n) is 17.8. The molecule has 25 heteroatoms. The highest BCUT2D eigenvalue weighted by Gasteiger charge is 2.13. The number of hydrogen-bond acceptors (Lipinski definition) is 13. The summed E-state index contributed by atoms with van der Waals surface area (Å²) in [5, 5.41) is 0. The fraction of sp³-hybridized carbons (Fsp3) is 0.298. The monoisotopic (exact) mass is 1650 g/mol. The lowest BCUT2D eigenvalue weighted by Crippen LogP contribution is -2.03. The van der Waals surface area contributed by atoms with E-state index in [4.69, 9.17) is 4.74 Å². The molecule has 12 rings (SSSR count). The summed E-state index contributed by atoms with van der Waals surface area (Å²) < 4.78 is 175. The van der Waals surface area contributed by atoms with Crippen LogP contribution in [-0.2, 0) is 32.1 Å². The zero-order valence-corrected chi connectivity index (χ0v) is 67.1. The van der Waals surface area contributed by atoms with Gasteiger partial charge in [-0.05, 0) is 168 Å². The molecule has 0 amide bonds. The van der Waals surface area contributed by atoms with Crippen molar-refractivity contribution in [3.8, 4) is 108 Å². The Kier molecular flexibility index (Phi) is 41.6. The maximum absolute atomic E-state index is 12.1. The normalized spacial score (nSPS) is 10.8. The van der Waals surface area contributed by atoms with Gasteiger partial charge >= 0.3 is 39.7 Å². The van der Waals surface area contributed by atoms with Crippen molar-refractivity contribution in [1.82, 2.24) is 29.9 Å². The van der Waals surface area contributed by atoms with E-state index < -0.39 is 39.7 Å². The molecule has 0 aliphatic rings. The Hall–Kier alpha value is -12.0. The number of alkyl halides is 12. The lowest BCUT2D eigenvalue weighted by molar-refractivity contribution is -0.0535. The topological polar surface area (TPSA) is 142 Å². The van der Waals surface area contributed by atoms with Gasteiger partial charge in [-0.2, -0.15) is 52.7 Å². The van der Waals surface area contributed by atoms with Crippen molar-refractivity contribution in [2.45, 2.75) is 178 Å². The highest BCUT2D eigenvalue weighted by Crippen LogP contribution is 2.30. The smallest absolute Gasteiger partial charge is 0.388 e. The predicted molar refractivity (Wildman–Crippen MR) is 442 cm³/mol. The van der Waals surface area contributed by atoms with Crippen molar-refractivity contribution >= 4 is 0 Å². The molecule has 0 radical (unpaired) electrons. The van der Waals surface area contributed by atoms with Crippen molar-refractivity contribution in [1.29, 1.82) is 0 Å². The van der Waals surface area contributed by atoms with Crippen LogP contribution in [0.4, 0.5) is 52.7 Å². The Morgan fingerprint density at radius 1 is 0.210 bits per heavy atom. The molecule has 12 aromatic rings. The molecule has 0 N–H and O–H groups in total. The quantitative estimate of drug-likeness (QED) is 0.0275. The summed E-state index contributed by atoms with van der Waals surface area (Å²) in [6, 6.07) is 67.5. The summed E-state index contributed by atoms with van der Waals surface area (Å²) >= 11 is 0. The molecule has 13 nitrogen and oxygen atoms in total. The minimum atomic E-state index is -2.86. The molecule has 119 heavy (non-hydrogen) atoms. The number of hydrogen-bond donors (Lipinski definition) is 0. The summed E-state index contributed by atoms with van der Waals surface area (Å²) in [5.74, 6) is 0.362. The van der Waals surface area contributed by atoms with Gasteiger partial charge in [0.15, 0.2) is 0 Å². The lowest BCUT2D eigenvalue weighted by Gasteiger charge is -2.06. The lowest BCUT2D eigenvalue weighted by atomic mass is 10.0. The Balaban J connectivity index is 0.000000197. The van der Waals surface area contributed by atoms with Crippen LogP contribution in [0.25, 0.3) is 66.8 Å². The highest BCUT2D eigenvalue weighted by atomic mass is 19.3. The van der Waals surface area contributed by atoms with Crippen LogP contribution in [0, 0.1) is 0 Å². The first-order chi connectivity index (χ1) is 57.6. The standard InChI is InChI=1S/C18H21F2NO.C17H19F2NO.C16H17F2NO.C15H15F2NO.C14H13F2NO2.C14H13F2NO/c1-2-3-4-5-6-14-7-9-15(10-8-14)16-11-12-17(21-13-16)22-18(19)20;1-2-3-4-5-13-6-8-14(9-7-13)15-10-11-16(20-12-15)21-17(18)19;1-2-3-4-12-5-7-13(8-6-12)14-9-10-15(19-11-14)20-16(17)18;1-2-3-11-4-6-12(7-5-11)13-8-9-14(18-10-13)19-15(16)17;1-2-18-12-6-3-10(4-7-12)11-5-8-13(17-9-11)19-14(15)16;1-2-10-3-5-11(6-4-10)12-7-8-13(17-9-12)18-14(15)16/h7-13,18H,2-6H2,1H3;6-12,17H,2-5H2,1H3;5-11,16H,2-4H2,1H3;4-10,15H,2-3H2,1H3;3-9,14H,2H2,1H3;3-9,14H,2H2,1H3. The number of halogens is 12. The number of unbranched alkanes of at least 4 members (excludes halogenated alkanes) is 6. The first kappa shape index (κ1) is 94.1. The second kappa shape index (κ2) is 52.6. The van der Waals surface area contributed by atoms with Gasteiger partial charge in [-0.15, -0.1) is 0 Å². The fourth-order valence-corrected chi connectivity index (χ4v) is 11.6. The van der Waals surface area contributed by atoms with Crippen LogP contribution in [-0.4, -0.2) is 76.2 Å². The number of ether oxygens (including phenoxy) is 7. The molecule has 0 aliphatic heterocycles. The Morgan fingerprint density at radius 3 is 0.630 bits per heavy atom. The third kappa shape index (κ3) is 35.8. The van der Waals surface area contributed by atoms with Crippen molar-refractivity contribution in [3.05, 3.63) is 283 Å². The van der Waals surface area contributed by atoms with Gasteiger partial charge in [0.1, 0.15) is 5.75 Å². The molecule has 630 valence electrons. The fourth-order valence-electron chi connectivity index (χ4n) is 11.6. The molecule has 0 bridgehead atoms. The zero-order valence-electron chi connectivity index (χ0n) is 67.1. The van der Waals surface area contributed by atoms with Gasteiger partial charge < -0.3 is 33.2 Å². The van der Waals surface area contributed by atoms with Gasteiger partial charge in [0.05, 0.1) is 6.61 Å². The van der Waals surface area contributed by atoms with E-state index in [0.717, 1.165) is 111 Å². The van der Waals surface area contributed by atoms with Crippen LogP contribution in [0.1, 0.15) is 134 Å². The molecule has 6 aromatic carbocycles. The van der Waals surface area contributed by atoms with E-state index in [2.05, 4.69) is 141 Å². The van der Waals surface area contributed by atoms with Gasteiger partial charge in [-0.3, -0.25) is 0 Å². The average molecular weight is 1650 g/mol. The summed E-state index contributed by atoms with van der Waals surface area (Å²) in [4.78, 5) is 23.1. The summed E-state index contributed by atoms with van der Waals surface area (Å²) in [5.41, 5.74) is 17.7. The molecule has 0 spiro atoms. The molecule has 0 saturated heterocycles. The van der Waals surface area contributed by atoms with E-state index >= 15 is 0 Å². The molecule has 6 aromatic heterocycles. The molecular formula is C94H98F12N6O7. The predicted octanol–water partition coefficient (Wildman–Crippen LogP) is 27.2. The molecule has 6 heterocycles. The van der Waals surface area contributed by atoms with Crippen LogP contribution in [0.3, 0.4) is 0 Å². The second-order valence-corrected chi connectivity index (χ2v) is 26.5. The van der Waals surface area contributed by atoms with Crippen molar-refractivity contribution in [2.75, 3.05) is 6.61 Å². The van der Waals surface area contributed by atoms with Crippen molar-refractivity contribution in [2.24, 2.45) is 0 Å². The van der Waals surface area contributed by atoms with Gasteiger partial charge in [-0.25, -0.2) is 29.9 Å². The first-order valence-corrected chi connectivity index (χ1v) is 39.3. The van der Waals surface area contributed by atoms with E-state index in [-0.39, 0.29) is 35.3 Å². The molecule has 0 saturated carbocycles. The zero-order chi connectivity index (χ0) is 85.5. The maximum Gasteiger partial charge on any atom is 0.388 e. The van der Waals surface area contributed by atoms with Gasteiger partial charge in [-0.1, -0.05) is 213 Å². The van der Waals surface area contributed by atoms with E-state index in [0.29, 0.717) is 6.61 Å². The first-order valence-electron chi connectivity index (χ1n) is 39.3. The van der Waals surface area contributed by atoms with Crippen LogP contribution >= 0.6 is 0 Å².